The third kappa shape index (κ3) is 13.8. The first kappa shape index (κ1) is 50.7. The van der Waals surface area contributed by atoms with Gasteiger partial charge in [-0.05, 0) is 59.3 Å². The highest BCUT2D eigenvalue weighted by atomic mass is 16.7. The van der Waals surface area contributed by atoms with Gasteiger partial charge in [0.2, 0.25) is 0 Å². The van der Waals surface area contributed by atoms with Gasteiger partial charge in [0.15, 0.2) is 12.6 Å². The molecule has 0 aromatic heterocycles. The van der Waals surface area contributed by atoms with E-state index >= 15 is 0 Å². The second kappa shape index (κ2) is 23.7. The van der Waals surface area contributed by atoms with Crippen molar-refractivity contribution in [2.75, 3.05) is 66.6 Å². The van der Waals surface area contributed by atoms with E-state index < -0.39 is 128 Å². The number of ether oxygens (including phenoxy) is 6. The van der Waals surface area contributed by atoms with Gasteiger partial charge in [-0.1, -0.05) is 0 Å². The van der Waals surface area contributed by atoms with Gasteiger partial charge < -0.3 is 120 Å². The summed E-state index contributed by atoms with van der Waals surface area (Å²) < 4.78 is 35.7. The van der Waals surface area contributed by atoms with Crippen molar-refractivity contribution in [2.45, 2.75) is 160 Å². The van der Waals surface area contributed by atoms with Crippen molar-refractivity contribution < 1.29 is 64.2 Å². The fourth-order valence-corrected chi connectivity index (χ4v) is 8.33. The lowest BCUT2D eigenvalue weighted by atomic mass is 9.84. The molecule has 0 aromatic carbocycles. The molecule has 348 valence electrons. The molecule has 4 rings (SSSR count). The molecule has 0 bridgehead atoms. The van der Waals surface area contributed by atoms with E-state index in [1.54, 1.807) is 0 Å². The third-order valence-corrected chi connectivity index (χ3v) is 11.9. The van der Waals surface area contributed by atoms with Crippen LogP contribution in [0.2, 0.25) is 0 Å². The Bertz CT molecular complexity index is 1210. The van der Waals surface area contributed by atoms with E-state index in [1.807, 2.05) is 23.9 Å². The second-order valence-electron chi connectivity index (χ2n) is 17.0. The molecule has 2 saturated carbocycles. The summed E-state index contributed by atoms with van der Waals surface area (Å²) in [6.45, 7) is 1.54. The minimum absolute atomic E-state index is 0.0670. The summed E-state index contributed by atoms with van der Waals surface area (Å²) in [5.41, 5.74) is 48.7. The predicted molar refractivity (Wildman–Crippen MR) is 213 cm³/mol. The highest BCUT2D eigenvalue weighted by Gasteiger charge is 2.50. The largest absolute Gasteiger partial charge is 0.390 e. The summed E-state index contributed by atoms with van der Waals surface area (Å²) in [4.78, 5) is 3.90. The predicted octanol–water partition coefficient (Wildman–Crippen LogP) is -8.77. The standard InChI is InChI=1S/C36H76N10O13/c1-45(12-16(47)14-54-33-27(50)18(39)7-20(41)31(33)58-35-22(43)9-23(49)24(10-37)56-35)5-3-4-6-46(2)13-17(48)15-55-34-28(51)19(40)8-21(42)32(34)59-36-26(44)30(53)29(52)25(11-38)57-36/h16-36,47-53H,3-15,37-44H2,1-2H3/t16-,17+,18-,19-,20+,21+,22-,23+,24-,25-,26-,27+,28+,29-,30-,31-,32-,33-,34-,35-,36-/m1/s1. The van der Waals surface area contributed by atoms with Gasteiger partial charge in [0.1, 0.15) is 42.7 Å². The summed E-state index contributed by atoms with van der Waals surface area (Å²) in [5, 5.41) is 74.4. The molecule has 0 radical (unpaired) electrons. The number of aliphatic hydroxyl groups excluding tert-OH is 7. The average Bonchev–Trinajstić information content (AvgIpc) is 3.17. The zero-order valence-corrected chi connectivity index (χ0v) is 34.4. The van der Waals surface area contributed by atoms with Crippen LogP contribution in [0.25, 0.3) is 0 Å². The molecule has 23 N–H and O–H groups in total. The number of likely N-dealkylation sites (N-methyl/N-ethyl adjacent to an activating group) is 2. The number of rotatable bonds is 21. The molecule has 4 aliphatic rings. The molecule has 4 fully saturated rings. The SMILES string of the molecule is CN(CCCCN(C)C[C@@H](O)CO[C@@H]1[C@@H](O)[C@H](N)C[C@H](N)[C@H]1O[C@H]1O[C@H](CN)[C@@H](O)C[C@H]1N)C[C@H](O)CO[C@@H]1[C@@H](O)[C@H](N)C[C@H](N)[C@H]1O[C@H]1O[C@H](CN)[C@@H](O)[C@H](O)[C@H]1N. The third-order valence-electron chi connectivity index (χ3n) is 11.9. The lowest BCUT2D eigenvalue weighted by molar-refractivity contribution is -0.292. The number of nitrogens with two attached hydrogens (primary N) is 8. The maximum Gasteiger partial charge on any atom is 0.176 e. The van der Waals surface area contributed by atoms with Gasteiger partial charge in [-0.3, -0.25) is 0 Å². The Labute approximate surface area is 346 Å². The van der Waals surface area contributed by atoms with Gasteiger partial charge in [0.25, 0.3) is 0 Å². The Morgan fingerprint density at radius 3 is 1.46 bits per heavy atom. The summed E-state index contributed by atoms with van der Waals surface area (Å²) in [5.74, 6) is 0. The molecular weight excluding hydrogens is 780 g/mol. The van der Waals surface area contributed by atoms with Crippen LogP contribution in [0, 0.1) is 0 Å². The van der Waals surface area contributed by atoms with Gasteiger partial charge in [0.05, 0.1) is 61.9 Å². The normalized spacial score (nSPS) is 43.3. The van der Waals surface area contributed by atoms with E-state index in [0.717, 1.165) is 12.8 Å². The molecule has 2 aliphatic heterocycles. The summed E-state index contributed by atoms with van der Waals surface area (Å²) in [6.07, 6.45) is -13.0. The van der Waals surface area contributed by atoms with Gasteiger partial charge >= 0.3 is 0 Å². The number of unbranched alkanes of at least 4 members (excludes halogenated alkanes) is 1. The van der Waals surface area contributed by atoms with Crippen molar-refractivity contribution in [3.8, 4) is 0 Å². The maximum absolute atomic E-state index is 10.9. The van der Waals surface area contributed by atoms with E-state index in [9.17, 15) is 35.7 Å². The van der Waals surface area contributed by atoms with E-state index in [2.05, 4.69) is 0 Å². The molecule has 21 atom stereocenters. The van der Waals surface area contributed by atoms with Crippen LogP contribution in [0.1, 0.15) is 32.1 Å². The summed E-state index contributed by atoms with van der Waals surface area (Å²) >= 11 is 0. The number of hydrogen-bond acceptors (Lipinski definition) is 23. The van der Waals surface area contributed by atoms with Crippen molar-refractivity contribution >= 4 is 0 Å². The smallest absolute Gasteiger partial charge is 0.176 e. The lowest BCUT2D eigenvalue weighted by Gasteiger charge is -2.47. The van der Waals surface area contributed by atoms with Crippen LogP contribution in [0.15, 0.2) is 0 Å². The molecule has 2 aliphatic carbocycles. The first-order valence-electron chi connectivity index (χ1n) is 20.8. The minimum Gasteiger partial charge on any atom is -0.390 e. The highest BCUT2D eigenvalue weighted by Crippen LogP contribution is 2.30. The Kier molecular flexibility index (Phi) is 20.4. The van der Waals surface area contributed by atoms with Crippen molar-refractivity contribution in [3.63, 3.8) is 0 Å². The van der Waals surface area contributed by atoms with Crippen LogP contribution >= 0.6 is 0 Å². The molecule has 2 heterocycles. The summed E-state index contributed by atoms with van der Waals surface area (Å²) in [7, 11) is 3.73. The van der Waals surface area contributed by atoms with Crippen molar-refractivity contribution in [1.82, 2.24) is 9.80 Å². The van der Waals surface area contributed by atoms with Crippen molar-refractivity contribution in [3.05, 3.63) is 0 Å². The number of hydrogen-bond donors (Lipinski definition) is 15. The van der Waals surface area contributed by atoms with E-state index in [0.29, 0.717) is 13.1 Å². The van der Waals surface area contributed by atoms with Crippen molar-refractivity contribution in [1.29, 1.82) is 0 Å². The molecule has 23 heteroatoms. The zero-order chi connectivity index (χ0) is 43.7. The van der Waals surface area contributed by atoms with E-state index in [4.69, 9.17) is 74.3 Å². The molecule has 59 heavy (non-hydrogen) atoms. The maximum atomic E-state index is 10.9. The lowest BCUT2D eigenvalue weighted by Crippen LogP contribution is -2.68. The second-order valence-corrected chi connectivity index (χ2v) is 17.0. The number of nitrogens with zero attached hydrogens (tertiary/aromatic N) is 2. The first-order valence-corrected chi connectivity index (χ1v) is 20.8. The Morgan fingerprint density at radius 2 is 1.00 bits per heavy atom. The molecule has 2 saturated heterocycles. The molecule has 0 amide bonds. The monoisotopic (exact) mass is 857 g/mol. The fraction of sp³-hybridized carbons (Fsp3) is 1.00. The molecule has 0 unspecified atom stereocenters. The van der Waals surface area contributed by atoms with Gasteiger partial charge in [-0.15, -0.1) is 0 Å². The molecule has 0 aromatic rings. The minimum atomic E-state index is -1.37. The van der Waals surface area contributed by atoms with Crippen LogP contribution in [0.4, 0.5) is 0 Å². The fourth-order valence-electron chi connectivity index (χ4n) is 8.33. The topological polar surface area (TPSA) is 412 Å². The van der Waals surface area contributed by atoms with Crippen LogP contribution in [0.5, 0.6) is 0 Å². The van der Waals surface area contributed by atoms with Gasteiger partial charge in [-0.25, -0.2) is 0 Å². The highest BCUT2D eigenvalue weighted by molar-refractivity contribution is 5.02. The van der Waals surface area contributed by atoms with Gasteiger partial charge in [0, 0.05) is 50.3 Å². The molecule has 0 spiro atoms. The summed E-state index contributed by atoms with van der Waals surface area (Å²) in [6, 6.07) is -4.49. The van der Waals surface area contributed by atoms with Crippen LogP contribution < -0.4 is 45.9 Å². The van der Waals surface area contributed by atoms with E-state index in [-0.39, 0.29) is 58.7 Å². The Hall–Kier alpha value is -0.920. The quantitative estimate of drug-likeness (QED) is 0.0477. The van der Waals surface area contributed by atoms with E-state index in [1.165, 1.54) is 0 Å². The van der Waals surface area contributed by atoms with Crippen LogP contribution in [-0.4, -0.2) is 240 Å². The van der Waals surface area contributed by atoms with Crippen LogP contribution in [0.3, 0.4) is 0 Å². The zero-order valence-electron chi connectivity index (χ0n) is 34.4. The average molecular weight is 857 g/mol. The number of aliphatic hydroxyl groups is 7. The molecule has 23 nitrogen and oxygen atoms in total. The Balaban J connectivity index is 1.17. The van der Waals surface area contributed by atoms with Gasteiger partial charge in [-0.2, -0.15) is 0 Å². The van der Waals surface area contributed by atoms with Crippen LogP contribution in [-0.2, 0) is 28.4 Å². The van der Waals surface area contributed by atoms with Crippen molar-refractivity contribution in [2.24, 2.45) is 45.9 Å². The molecular formula is C36H76N10O13. The Morgan fingerprint density at radius 1 is 0.559 bits per heavy atom. The first-order chi connectivity index (χ1) is 27.9.